The Balaban J connectivity index is 2.09. The SMILES string of the molecule is COc1cccc(C(=O)n2nc(OC(C)C)nc2-c2cccc(F)c2)c1. The third kappa shape index (κ3) is 3.72. The van der Waals surface area contributed by atoms with Gasteiger partial charge in [-0.25, -0.2) is 4.39 Å². The fourth-order valence-electron chi connectivity index (χ4n) is 2.39. The normalized spacial score (nSPS) is 10.8. The third-order valence-electron chi connectivity index (χ3n) is 3.52. The first-order valence-corrected chi connectivity index (χ1v) is 8.06. The Bertz CT molecular complexity index is 937. The third-order valence-corrected chi connectivity index (χ3v) is 3.52. The highest BCUT2D eigenvalue weighted by Gasteiger charge is 2.21. The second-order valence-corrected chi connectivity index (χ2v) is 5.84. The van der Waals surface area contributed by atoms with Gasteiger partial charge in [-0.15, -0.1) is 5.10 Å². The fraction of sp³-hybridized carbons (Fsp3) is 0.211. The van der Waals surface area contributed by atoms with Crippen molar-refractivity contribution < 1.29 is 18.7 Å². The second-order valence-electron chi connectivity index (χ2n) is 5.84. The number of hydrogen-bond donors (Lipinski definition) is 0. The molecule has 0 aliphatic rings. The molecule has 0 unspecified atom stereocenters. The maximum Gasteiger partial charge on any atom is 0.336 e. The van der Waals surface area contributed by atoms with Crippen molar-refractivity contribution in [1.82, 2.24) is 14.8 Å². The van der Waals surface area contributed by atoms with Gasteiger partial charge in [-0.3, -0.25) is 4.79 Å². The van der Waals surface area contributed by atoms with Crippen molar-refractivity contribution in [2.45, 2.75) is 20.0 Å². The van der Waals surface area contributed by atoms with Gasteiger partial charge in [-0.1, -0.05) is 18.2 Å². The van der Waals surface area contributed by atoms with E-state index in [1.54, 1.807) is 36.4 Å². The van der Waals surface area contributed by atoms with Crippen molar-refractivity contribution >= 4 is 5.91 Å². The first kappa shape index (κ1) is 17.6. The van der Waals surface area contributed by atoms with Gasteiger partial charge < -0.3 is 9.47 Å². The van der Waals surface area contributed by atoms with Crippen molar-refractivity contribution in [3.05, 3.63) is 59.9 Å². The predicted molar refractivity (Wildman–Crippen MR) is 93.9 cm³/mol. The van der Waals surface area contributed by atoms with Gasteiger partial charge >= 0.3 is 6.01 Å². The number of ether oxygens (including phenoxy) is 2. The number of rotatable bonds is 5. The summed E-state index contributed by atoms with van der Waals surface area (Å²) < 4.78 is 25.4. The van der Waals surface area contributed by atoms with Gasteiger partial charge in [0.25, 0.3) is 5.91 Å². The molecule has 0 radical (unpaired) electrons. The van der Waals surface area contributed by atoms with Gasteiger partial charge in [0.15, 0.2) is 5.82 Å². The number of carbonyl (C=O) groups is 1. The number of halogens is 1. The van der Waals surface area contributed by atoms with Gasteiger partial charge in [0.05, 0.1) is 13.2 Å². The smallest absolute Gasteiger partial charge is 0.336 e. The predicted octanol–water partition coefficient (Wildman–Crippen LogP) is 3.57. The molecule has 7 heteroatoms. The number of aromatic nitrogens is 3. The van der Waals surface area contributed by atoms with E-state index in [0.717, 1.165) is 4.68 Å². The fourth-order valence-corrected chi connectivity index (χ4v) is 2.39. The largest absolute Gasteiger partial charge is 0.497 e. The van der Waals surface area contributed by atoms with Crippen molar-refractivity contribution in [2.24, 2.45) is 0 Å². The summed E-state index contributed by atoms with van der Waals surface area (Å²) >= 11 is 0. The van der Waals surface area contributed by atoms with Gasteiger partial charge in [0.1, 0.15) is 11.6 Å². The highest BCUT2D eigenvalue weighted by atomic mass is 19.1. The average Bonchev–Trinajstić information content (AvgIpc) is 3.04. The topological polar surface area (TPSA) is 66.2 Å². The summed E-state index contributed by atoms with van der Waals surface area (Å²) in [5, 5.41) is 4.16. The van der Waals surface area contributed by atoms with Crippen LogP contribution in [-0.4, -0.2) is 33.9 Å². The van der Waals surface area contributed by atoms with Crippen LogP contribution in [0, 0.1) is 5.82 Å². The lowest BCUT2D eigenvalue weighted by Crippen LogP contribution is -2.15. The Morgan fingerprint density at radius 2 is 1.92 bits per heavy atom. The minimum atomic E-state index is -0.433. The van der Waals surface area contributed by atoms with Crippen molar-refractivity contribution in [3.8, 4) is 23.1 Å². The Labute approximate surface area is 150 Å². The summed E-state index contributed by atoms with van der Waals surface area (Å²) in [6.45, 7) is 3.65. The molecule has 2 aromatic carbocycles. The van der Waals surface area contributed by atoms with Crippen molar-refractivity contribution in [3.63, 3.8) is 0 Å². The van der Waals surface area contributed by atoms with Gasteiger partial charge in [-0.05, 0) is 44.2 Å². The molecule has 3 rings (SSSR count). The number of hydrogen-bond acceptors (Lipinski definition) is 5. The summed E-state index contributed by atoms with van der Waals surface area (Å²) in [6.07, 6.45) is -0.168. The Kier molecular flexibility index (Phi) is 4.97. The molecule has 134 valence electrons. The van der Waals surface area contributed by atoms with Crippen LogP contribution >= 0.6 is 0 Å². The molecule has 6 nitrogen and oxygen atoms in total. The van der Waals surface area contributed by atoms with Crippen LogP contribution in [0.4, 0.5) is 4.39 Å². The summed E-state index contributed by atoms with van der Waals surface area (Å²) in [5.41, 5.74) is 0.787. The molecule has 26 heavy (non-hydrogen) atoms. The highest BCUT2D eigenvalue weighted by Crippen LogP contribution is 2.23. The molecule has 0 atom stereocenters. The zero-order valence-electron chi connectivity index (χ0n) is 14.6. The molecule has 0 aliphatic heterocycles. The average molecular weight is 355 g/mol. The van der Waals surface area contributed by atoms with E-state index in [4.69, 9.17) is 9.47 Å². The molecule has 0 N–H and O–H groups in total. The molecular formula is C19H18FN3O3. The first-order chi connectivity index (χ1) is 12.5. The monoisotopic (exact) mass is 355 g/mol. The molecule has 0 aliphatic carbocycles. The van der Waals surface area contributed by atoms with Gasteiger partial charge in [-0.2, -0.15) is 9.67 Å². The molecule has 0 spiro atoms. The molecule has 0 bridgehead atoms. The van der Waals surface area contributed by atoms with E-state index in [0.29, 0.717) is 16.9 Å². The van der Waals surface area contributed by atoms with E-state index >= 15 is 0 Å². The number of nitrogens with zero attached hydrogens (tertiary/aromatic N) is 3. The van der Waals surface area contributed by atoms with Crippen LogP contribution in [0.25, 0.3) is 11.4 Å². The summed E-state index contributed by atoms with van der Waals surface area (Å²) in [5.74, 6) is -0.110. The van der Waals surface area contributed by atoms with Crippen LogP contribution in [0.3, 0.4) is 0 Å². The zero-order chi connectivity index (χ0) is 18.7. The van der Waals surface area contributed by atoms with Crippen molar-refractivity contribution in [2.75, 3.05) is 7.11 Å². The van der Waals surface area contributed by atoms with Crippen LogP contribution in [0.15, 0.2) is 48.5 Å². The Morgan fingerprint density at radius 1 is 1.15 bits per heavy atom. The van der Waals surface area contributed by atoms with Crippen LogP contribution < -0.4 is 9.47 Å². The Hall–Kier alpha value is -3.22. The maximum atomic E-state index is 13.6. The molecule has 0 saturated heterocycles. The van der Waals surface area contributed by atoms with E-state index < -0.39 is 11.7 Å². The molecular weight excluding hydrogens is 337 g/mol. The quantitative estimate of drug-likeness (QED) is 0.700. The summed E-state index contributed by atoms with van der Waals surface area (Å²) in [6, 6.07) is 12.5. The molecule has 1 heterocycles. The maximum absolute atomic E-state index is 13.6. The van der Waals surface area contributed by atoms with E-state index in [-0.39, 0.29) is 17.9 Å². The standard InChI is InChI=1S/C19H18FN3O3/c1-12(2)26-19-21-17(13-6-4-8-15(20)10-13)23(22-19)18(24)14-7-5-9-16(11-14)25-3/h4-12H,1-3H3. The second kappa shape index (κ2) is 7.35. The number of methoxy groups -OCH3 is 1. The molecule has 1 aromatic heterocycles. The van der Waals surface area contributed by atoms with Crippen LogP contribution in [-0.2, 0) is 0 Å². The molecule has 3 aromatic rings. The van der Waals surface area contributed by atoms with Crippen LogP contribution in [0.1, 0.15) is 24.2 Å². The number of carbonyl (C=O) groups excluding carboxylic acids is 1. The molecule has 0 fully saturated rings. The van der Waals surface area contributed by atoms with Gasteiger partial charge in [0.2, 0.25) is 0 Å². The van der Waals surface area contributed by atoms with E-state index in [2.05, 4.69) is 10.1 Å². The zero-order valence-corrected chi connectivity index (χ0v) is 14.6. The van der Waals surface area contributed by atoms with E-state index in [9.17, 15) is 9.18 Å². The lowest BCUT2D eigenvalue weighted by molar-refractivity contribution is 0.0943. The molecule has 0 amide bonds. The first-order valence-electron chi connectivity index (χ1n) is 8.06. The summed E-state index contributed by atoms with van der Waals surface area (Å²) in [7, 11) is 1.52. The Morgan fingerprint density at radius 3 is 2.62 bits per heavy atom. The van der Waals surface area contributed by atoms with Crippen LogP contribution in [0.2, 0.25) is 0 Å². The van der Waals surface area contributed by atoms with Crippen LogP contribution in [0.5, 0.6) is 11.8 Å². The highest BCUT2D eigenvalue weighted by molar-refractivity contribution is 5.97. The van der Waals surface area contributed by atoms with Gasteiger partial charge in [0, 0.05) is 11.1 Å². The number of benzene rings is 2. The minimum absolute atomic E-state index is 0.0514. The van der Waals surface area contributed by atoms with E-state index in [1.165, 1.54) is 19.2 Å². The van der Waals surface area contributed by atoms with Crippen molar-refractivity contribution in [1.29, 1.82) is 0 Å². The summed E-state index contributed by atoms with van der Waals surface area (Å²) in [4.78, 5) is 17.2. The minimum Gasteiger partial charge on any atom is -0.497 e. The lowest BCUT2D eigenvalue weighted by atomic mass is 10.2. The lowest BCUT2D eigenvalue weighted by Gasteiger charge is -2.06. The molecule has 0 saturated carbocycles. The van der Waals surface area contributed by atoms with E-state index in [1.807, 2.05) is 13.8 Å².